The third kappa shape index (κ3) is 9.79. The number of rotatable bonds is 14. The first-order chi connectivity index (χ1) is 22.8. The number of hydrogen-bond acceptors (Lipinski definition) is 7. The Morgan fingerprint density at radius 3 is 2.30 bits per heavy atom. The Kier molecular flexibility index (Phi) is 12.3. The molecule has 0 saturated carbocycles. The number of hydrogen-bond donors (Lipinski definition) is 4. The highest BCUT2D eigenvalue weighted by molar-refractivity contribution is 6.40. The first kappa shape index (κ1) is 34.4. The number of nitrogens with one attached hydrogen (secondary N) is 2. The SMILES string of the molecule is Nc1ccccc1NC(=O)CCCCCCC(=O)Nc1cccc(C2OC(Cn3cnc(Cl)c3Cl)CC(c3ccc(CO)cc3)O2)c1. The minimum Gasteiger partial charge on any atom is -0.397 e. The molecular formula is C35H39Cl2N5O5. The topological polar surface area (TPSA) is 141 Å². The van der Waals surface area contributed by atoms with Gasteiger partial charge in [0, 0.05) is 30.5 Å². The average Bonchev–Trinajstić information content (AvgIpc) is 3.39. The normalized spacial score (nSPS) is 17.7. The van der Waals surface area contributed by atoms with Crippen molar-refractivity contribution in [3.8, 4) is 0 Å². The van der Waals surface area contributed by atoms with E-state index in [9.17, 15) is 14.7 Å². The maximum Gasteiger partial charge on any atom is 0.224 e. The standard InChI is InChI=1S/C35H39Cl2N5O5/c36-33-34(37)42(22-39-33)20-27-19-30(24-16-14-23(21-43)15-17-24)47-35(46-27)25-8-7-9-26(18-25)40-31(44)12-3-1-2-4-13-32(45)41-29-11-6-5-10-28(29)38/h5-11,14-18,22,27,30,35,43H,1-4,12-13,19-21,38H2,(H,40,44)(H,41,45). The molecule has 1 fully saturated rings. The lowest BCUT2D eigenvalue weighted by Gasteiger charge is -2.36. The molecule has 47 heavy (non-hydrogen) atoms. The van der Waals surface area contributed by atoms with Crippen molar-refractivity contribution in [2.24, 2.45) is 0 Å². The predicted octanol–water partition coefficient (Wildman–Crippen LogP) is 7.43. The summed E-state index contributed by atoms with van der Waals surface area (Å²) < 4.78 is 14.6. The van der Waals surface area contributed by atoms with Crippen LogP contribution in [0.1, 0.15) is 74.0 Å². The number of nitrogens with zero attached hydrogens (tertiary/aromatic N) is 2. The number of nitrogens with two attached hydrogens (primary N) is 1. The Balaban J connectivity index is 1.13. The second kappa shape index (κ2) is 16.8. The third-order valence-electron chi connectivity index (χ3n) is 7.98. The predicted molar refractivity (Wildman–Crippen MR) is 183 cm³/mol. The zero-order valence-electron chi connectivity index (χ0n) is 25.9. The number of benzene rings is 3. The lowest BCUT2D eigenvalue weighted by Crippen LogP contribution is -2.32. The number of aliphatic hydroxyl groups is 1. The van der Waals surface area contributed by atoms with Crippen molar-refractivity contribution in [1.29, 1.82) is 0 Å². The van der Waals surface area contributed by atoms with Crippen molar-refractivity contribution in [1.82, 2.24) is 9.55 Å². The molecular weight excluding hydrogens is 641 g/mol. The summed E-state index contributed by atoms with van der Waals surface area (Å²) in [6, 6.07) is 22.3. The van der Waals surface area contributed by atoms with Crippen LogP contribution in [-0.2, 0) is 32.2 Å². The fraction of sp³-hybridized carbons (Fsp3) is 0.343. The van der Waals surface area contributed by atoms with Gasteiger partial charge in [0.1, 0.15) is 5.15 Å². The number of carbonyl (C=O) groups is 2. The number of halogens is 2. The second-order valence-electron chi connectivity index (χ2n) is 11.6. The number of amides is 2. The minimum absolute atomic E-state index is 0.0389. The number of para-hydroxylation sites is 2. The summed E-state index contributed by atoms with van der Waals surface area (Å²) in [5.74, 6) is -0.158. The molecule has 0 spiro atoms. The van der Waals surface area contributed by atoms with E-state index in [2.05, 4.69) is 15.6 Å². The van der Waals surface area contributed by atoms with Crippen LogP contribution in [0.3, 0.4) is 0 Å². The van der Waals surface area contributed by atoms with Crippen LogP contribution in [0.2, 0.25) is 10.3 Å². The zero-order chi connectivity index (χ0) is 33.2. The number of aliphatic hydroxyl groups excluding tert-OH is 1. The van der Waals surface area contributed by atoms with E-state index in [0.29, 0.717) is 54.4 Å². The van der Waals surface area contributed by atoms with Gasteiger partial charge >= 0.3 is 0 Å². The van der Waals surface area contributed by atoms with Gasteiger partial charge < -0.3 is 35.5 Å². The van der Waals surface area contributed by atoms with Crippen LogP contribution in [0.15, 0.2) is 79.1 Å². The fourth-order valence-electron chi connectivity index (χ4n) is 5.46. The molecule has 0 bridgehead atoms. The summed E-state index contributed by atoms with van der Waals surface area (Å²) in [6.45, 7) is 0.384. The lowest BCUT2D eigenvalue weighted by molar-refractivity contribution is -0.252. The van der Waals surface area contributed by atoms with Gasteiger partial charge in [0.25, 0.3) is 0 Å². The van der Waals surface area contributed by atoms with E-state index in [0.717, 1.165) is 36.0 Å². The molecule has 248 valence electrons. The summed E-state index contributed by atoms with van der Waals surface area (Å²) in [4.78, 5) is 29.0. The van der Waals surface area contributed by atoms with Crippen molar-refractivity contribution in [3.05, 3.63) is 106 Å². The van der Waals surface area contributed by atoms with Crippen molar-refractivity contribution in [2.45, 2.75) is 76.6 Å². The van der Waals surface area contributed by atoms with E-state index in [-0.39, 0.29) is 35.8 Å². The van der Waals surface area contributed by atoms with Crippen molar-refractivity contribution in [3.63, 3.8) is 0 Å². The van der Waals surface area contributed by atoms with Gasteiger partial charge in [0.05, 0.1) is 43.1 Å². The van der Waals surface area contributed by atoms with Gasteiger partial charge in [-0.2, -0.15) is 0 Å². The summed E-state index contributed by atoms with van der Waals surface area (Å²) >= 11 is 12.4. The highest BCUT2D eigenvalue weighted by atomic mass is 35.5. The van der Waals surface area contributed by atoms with E-state index >= 15 is 0 Å². The monoisotopic (exact) mass is 679 g/mol. The molecule has 0 aliphatic carbocycles. The fourth-order valence-corrected chi connectivity index (χ4v) is 5.77. The molecule has 3 unspecified atom stereocenters. The number of ether oxygens (including phenoxy) is 2. The number of carbonyl (C=O) groups excluding carboxylic acids is 2. The quantitative estimate of drug-likeness (QED) is 0.0802. The average molecular weight is 681 g/mol. The number of aromatic nitrogens is 2. The summed E-state index contributed by atoms with van der Waals surface area (Å²) in [6.07, 6.45) is 4.77. The molecule has 5 N–H and O–H groups in total. The maximum atomic E-state index is 12.8. The Morgan fingerprint density at radius 1 is 0.894 bits per heavy atom. The second-order valence-corrected chi connectivity index (χ2v) is 12.3. The third-order valence-corrected chi connectivity index (χ3v) is 8.75. The van der Waals surface area contributed by atoms with Crippen LogP contribution in [0.5, 0.6) is 0 Å². The molecule has 1 saturated heterocycles. The zero-order valence-corrected chi connectivity index (χ0v) is 27.4. The van der Waals surface area contributed by atoms with E-state index in [1.807, 2.05) is 60.7 Å². The highest BCUT2D eigenvalue weighted by Crippen LogP contribution is 2.39. The summed E-state index contributed by atoms with van der Waals surface area (Å²) in [5.41, 5.74) is 10.2. The van der Waals surface area contributed by atoms with Crippen LogP contribution in [-0.4, -0.2) is 32.6 Å². The molecule has 12 heteroatoms. The maximum absolute atomic E-state index is 12.8. The summed E-state index contributed by atoms with van der Waals surface area (Å²) in [5, 5.41) is 15.9. The lowest BCUT2D eigenvalue weighted by atomic mass is 10.00. The Bertz CT molecular complexity index is 1650. The molecule has 5 rings (SSSR count). The van der Waals surface area contributed by atoms with E-state index < -0.39 is 6.29 Å². The van der Waals surface area contributed by atoms with Gasteiger partial charge in [-0.25, -0.2) is 4.98 Å². The van der Waals surface area contributed by atoms with Crippen molar-refractivity contribution >= 4 is 52.1 Å². The first-order valence-corrected chi connectivity index (χ1v) is 16.5. The van der Waals surface area contributed by atoms with Crippen molar-refractivity contribution < 1.29 is 24.2 Å². The smallest absolute Gasteiger partial charge is 0.224 e. The van der Waals surface area contributed by atoms with Gasteiger partial charge in [-0.3, -0.25) is 9.59 Å². The van der Waals surface area contributed by atoms with E-state index in [1.165, 1.54) is 0 Å². The Morgan fingerprint density at radius 2 is 1.62 bits per heavy atom. The van der Waals surface area contributed by atoms with Gasteiger partial charge in [-0.05, 0) is 48.2 Å². The molecule has 2 amide bonds. The van der Waals surface area contributed by atoms with Crippen LogP contribution in [0, 0.1) is 0 Å². The highest BCUT2D eigenvalue weighted by Gasteiger charge is 2.33. The molecule has 1 aromatic heterocycles. The van der Waals surface area contributed by atoms with Gasteiger partial charge in [-0.15, -0.1) is 0 Å². The van der Waals surface area contributed by atoms with Gasteiger partial charge in [0.15, 0.2) is 11.4 Å². The van der Waals surface area contributed by atoms with Crippen LogP contribution < -0.4 is 16.4 Å². The largest absolute Gasteiger partial charge is 0.397 e. The summed E-state index contributed by atoms with van der Waals surface area (Å²) in [7, 11) is 0. The van der Waals surface area contributed by atoms with Crippen LogP contribution in [0.4, 0.5) is 17.1 Å². The molecule has 4 aromatic rings. The van der Waals surface area contributed by atoms with Gasteiger partial charge in [0.2, 0.25) is 11.8 Å². The van der Waals surface area contributed by atoms with Gasteiger partial charge in [-0.1, -0.05) is 84.6 Å². The molecule has 1 aliphatic rings. The molecule has 0 radical (unpaired) electrons. The number of unbranched alkanes of at least 4 members (excludes halogenated alkanes) is 3. The molecule has 3 aromatic carbocycles. The van der Waals surface area contributed by atoms with Crippen molar-refractivity contribution in [2.75, 3.05) is 16.4 Å². The first-order valence-electron chi connectivity index (χ1n) is 15.7. The number of anilines is 3. The minimum atomic E-state index is -0.707. The Hall–Kier alpha value is -3.93. The Labute approximate surface area is 284 Å². The van der Waals surface area contributed by atoms with Crippen LogP contribution >= 0.6 is 23.2 Å². The van der Waals surface area contributed by atoms with Crippen LogP contribution in [0.25, 0.3) is 0 Å². The molecule has 2 heterocycles. The number of imidazole rings is 1. The molecule has 3 atom stereocenters. The van der Waals surface area contributed by atoms with E-state index in [1.54, 1.807) is 23.0 Å². The van der Waals surface area contributed by atoms with E-state index in [4.69, 9.17) is 38.4 Å². The number of nitrogen functional groups attached to an aromatic ring is 1. The molecule has 1 aliphatic heterocycles. The molecule has 10 nitrogen and oxygen atoms in total.